The Morgan fingerprint density at radius 3 is 2.71 bits per heavy atom. The van der Waals surface area contributed by atoms with E-state index in [0.29, 0.717) is 18.0 Å². The van der Waals surface area contributed by atoms with E-state index in [9.17, 15) is 10.1 Å². The van der Waals surface area contributed by atoms with E-state index in [1.165, 1.54) is 6.07 Å². The zero-order valence-electron chi connectivity index (χ0n) is 10.4. The summed E-state index contributed by atoms with van der Waals surface area (Å²) in [6.07, 6.45) is 0.907. The van der Waals surface area contributed by atoms with Crippen LogP contribution in [0.25, 0.3) is 0 Å². The lowest BCUT2D eigenvalue weighted by molar-refractivity contribution is -0.384. The summed E-state index contributed by atoms with van der Waals surface area (Å²) in [5, 5.41) is 14.1. The summed E-state index contributed by atoms with van der Waals surface area (Å²) in [6.45, 7) is 6.35. The molecule has 0 heterocycles. The first-order chi connectivity index (χ1) is 8.08. The van der Waals surface area contributed by atoms with Gasteiger partial charge in [0.1, 0.15) is 11.4 Å². The molecule has 0 bridgehead atoms. The number of benzene rings is 1. The van der Waals surface area contributed by atoms with E-state index >= 15 is 0 Å². The van der Waals surface area contributed by atoms with Crippen molar-refractivity contribution in [1.82, 2.24) is 0 Å². The number of nitrogens with zero attached hydrogens (tertiary/aromatic N) is 1. The minimum atomic E-state index is -0.396. The molecule has 0 aliphatic heterocycles. The van der Waals surface area contributed by atoms with Gasteiger partial charge in [0, 0.05) is 6.04 Å². The summed E-state index contributed by atoms with van der Waals surface area (Å²) in [5.74, 6) is 0.522. The molecule has 0 spiro atoms. The lowest BCUT2D eigenvalue weighted by Crippen LogP contribution is -2.14. The number of rotatable bonds is 6. The van der Waals surface area contributed by atoms with E-state index in [0.717, 1.165) is 6.42 Å². The molecule has 0 amide bonds. The largest absolute Gasteiger partial charge is 0.494 e. The Morgan fingerprint density at radius 2 is 2.18 bits per heavy atom. The van der Waals surface area contributed by atoms with Crippen molar-refractivity contribution in [2.24, 2.45) is 0 Å². The van der Waals surface area contributed by atoms with Gasteiger partial charge in [-0.1, -0.05) is 6.92 Å². The molecule has 94 valence electrons. The van der Waals surface area contributed by atoms with E-state index in [1.807, 2.05) is 20.8 Å². The fourth-order valence-corrected chi connectivity index (χ4v) is 1.41. The van der Waals surface area contributed by atoms with Crippen LogP contribution >= 0.6 is 0 Å². The minimum Gasteiger partial charge on any atom is -0.494 e. The van der Waals surface area contributed by atoms with E-state index in [4.69, 9.17) is 4.74 Å². The first-order valence-corrected chi connectivity index (χ1v) is 5.76. The van der Waals surface area contributed by atoms with Gasteiger partial charge in [-0.25, -0.2) is 0 Å². The van der Waals surface area contributed by atoms with Gasteiger partial charge in [0.25, 0.3) is 5.69 Å². The molecular formula is C12H18N2O3. The Labute approximate surface area is 101 Å². The second-order valence-electron chi connectivity index (χ2n) is 3.82. The molecule has 1 rings (SSSR count). The molecule has 1 aromatic rings. The Kier molecular flexibility index (Phi) is 4.75. The quantitative estimate of drug-likeness (QED) is 0.610. The minimum absolute atomic E-state index is 0.0521. The SMILES string of the molecule is CCOc1ccc(NC(C)CC)c([N+](=O)[O-])c1. The molecular weight excluding hydrogens is 220 g/mol. The Bertz CT molecular complexity index is 393. The Morgan fingerprint density at radius 1 is 1.47 bits per heavy atom. The lowest BCUT2D eigenvalue weighted by atomic mass is 10.2. The van der Waals surface area contributed by atoms with Crippen LogP contribution in [0.3, 0.4) is 0 Å². The van der Waals surface area contributed by atoms with Crippen LogP contribution in [0.1, 0.15) is 27.2 Å². The third-order valence-corrected chi connectivity index (χ3v) is 2.49. The van der Waals surface area contributed by atoms with Gasteiger partial charge in [0.15, 0.2) is 0 Å². The van der Waals surface area contributed by atoms with Crippen molar-refractivity contribution in [3.63, 3.8) is 0 Å². The molecule has 0 fully saturated rings. The maximum absolute atomic E-state index is 11.0. The van der Waals surface area contributed by atoms with E-state index < -0.39 is 4.92 Å². The lowest BCUT2D eigenvalue weighted by Gasteiger charge is -2.13. The number of hydrogen-bond acceptors (Lipinski definition) is 4. The van der Waals surface area contributed by atoms with Crippen LogP contribution in [0, 0.1) is 10.1 Å². The first-order valence-electron chi connectivity index (χ1n) is 5.76. The number of ether oxygens (including phenoxy) is 1. The molecule has 0 saturated carbocycles. The first kappa shape index (κ1) is 13.3. The van der Waals surface area contributed by atoms with Crippen LogP contribution in [0.2, 0.25) is 0 Å². The number of nitrogens with one attached hydrogen (secondary N) is 1. The van der Waals surface area contributed by atoms with Gasteiger partial charge in [-0.2, -0.15) is 0 Å². The molecule has 0 saturated heterocycles. The molecule has 1 unspecified atom stereocenters. The standard InChI is InChI=1S/C12H18N2O3/c1-4-9(3)13-11-7-6-10(17-5-2)8-12(11)14(15)16/h6-9,13H,4-5H2,1-3H3. The number of nitro groups is 1. The van der Waals surface area contributed by atoms with Crippen LogP contribution in [0.15, 0.2) is 18.2 Å². The average Bonchev–Trinajstić information content (AvgIpc) is 2.31. The molecule has 0 radical (unpaired) electrons. The highest BCUT2D eigenvalue weighted by molar-refractivity contribution is 5.64. The van der Waals surface area contributed by atoms with Gasteiger partial charge < -0.3 is 10.1 Å². The zero-order valence-corrected chi connectivity index (χ0v) is 10.4. The monoisotopic (exact) mass is 238 g/mol. The van der Waals surface area contributed by atoms with Crippen LogP contribution in [-0.2, 0) is 0 Å². The van der Waals surface area contributed by atoms with Crippen molar-refractivity contribution >= 4 is 11.4 Å². The number of nitro benzene ring substituents is 1. The van der Waals surface area contributed by atoms with E-state index in [1.54, 1.807) is 12.1 Å². The third kappa shape index (κ3) is 3.62. The van der Waals surface area contributed by atoms with Gasteiger partial charge in [-0.3, -0.25) is 10.1 Å². The molecule has 0 aliphatic carbocycles. The fraction of sp³-hybridized carbons (Fsp3) is 0.500. The van der Waals surface area contributed by atoms with Gasteiger partial charge >= 0.3 is 0 Å². The summed E-state index contributed by atoms with van der Waals surface area (Å²) < 4.78 is 5.25. The molecule has 0 aromatic heterocycles. The zero-order chi connectivity index (χ0) is 12.8. The van der Waals surface area contributed by atoms with Crippen LogP contribution in [-0.4, -0.2) is 17.6 Å². The van der Waals surface area contributed by atoms with Gasteiger partial charge in [-0.05, 0) is 32.4 Å². The topological polar surface area (TPSA) is 64.4 Å². The van der Waals surface area contributed by atoms with Crippen molar-refractivity contribution in [3.05, 3.63) is 28.3 Å². The predicted molar refractivity (Wildman–Crippen MR) is 67.6 cm³/mol. The van der Waals surface area contributed by atoms with Crippen molar-refractivity contribution in [3.8, 4) is 5.75 Å². The molecule has 17 heavy (non-hydrogen) atoms. The second-order valence-corrected chi connectivity index (χ2v) is 3.82. The van der Waals surface area contributed by atoms with Gasteiger partial charge in [0.2, 0.25) is 0 Å². The molecule has 0 aliphatic rings. The maximum Gasteiger partial charge on any atom is 0.296 e. The normalized spacial score (nSPS) is 11.9. The van der Waals surface area contributed by atoms with Gasteiger partial charge in [-0.15, -0.1) is 0 Å². The van der Waals surface area contributed by atoms with Crippen molar-refractivity contribution < 1.29 is 9.66 Å². The summed E-state index contributed by atoms with van der Waals surface area (Å²) in [5.41, 5.74) is 0.587. The highest BCUT2D eigenvalue weighted by Gasteiger charge is 2.16. The molecule has 1 aromatic carbocycles. The smallest absolute Gasteiger partial charge is 0.296 e. The average molecular weight is 238 g/mol. The highest BCUT2D eigenvalue weighted by atomic mass is 16.6. The molecule has 1 atom stereocenters. The van der Waals surface area contributed by atoms with Crippen molar-refractivity contribution in [2.75, 3.05) is 11.9 Å². The van der Waals surface area contributed by atoms with Crippen LogP contribution < -0.4 is 10.1 Å². The summed E-state index contributed by atoms with van der Waals surface area (Å²) in [6, 6.07) is 5.08. The maximum atomic E-state index is 11.0. The molecule has 1 N–H and O–H groups in total. The molecule has 5 heteroatoms. The summed E-state index contributed by atoms with van der Waals surface area (Å²) >= 11 is 0. The fourth-order valence-electron chi connectivity index (χ4n) is 1.41. The number of anilines is 1. The van der Waals surface area contributed by atoms with Crippen LogP contribution in [0.4, 0.5) is 11.4 Å². The second kappa shape index (κ2) is 6.08. The Hall–Kier alpha value is -1.78. The van der Waals surface area contributed by atoms with E-state index in [2.05, 4.69) is 5.32 Å². The highest BCUT2D eigenvalue weighted by Crippen LogP contribution is 2.29. The number of hydrogen-bond donors (Lipinski definition) is 1. The van der Waals surface area contributed by atoms with Crippen LogP contribution in [0.5, 0.6) is 5.75 Å². The predicted octanol–water partition coefficient (Wildman–Crippen LogP) is 3.20. The molecule has 5 nitrogen and oxygen atoms in total. The van der Waals surface area contributed by atoms with Crippen molar-refractivity contribution in [1.29, 1.82) is 0 Å². The van der Waals surface area contributed by atoms with E-state index in [-0.39, 0.29) is 11.7 Å². The van der Waals surface area contributed by atoms with Crippen molar-refractivity contribution in [2.45, 2.75) is 33.2 Å². The Balaban J connectivity index is 3.00. The summed E-state index contributed by atoms with van der Waals surface area (Å²) in [7, 11) is 0. The third-order valence-electron chi connectivity index (χ3n) is 2.49. The summed E-state index contributed by atoms with van der Waals surface area (Å²) in [4.78, 5) is 10.6. The van der Waals surface area contributed by atoms with Gasteiger partial charge in [0.05, 0.1) is 17.6 Å².